The summed E-state index contributed by atoms with van der Waals surface area (Å²) in [6, 6.07) is 2.08. The van der Waals surface area contributed by atoms with E-state index in [1.165, 1.54) is 6.26 Å². The molecule has 1 aromatic heterocycles. The molecular formula is C14H17NO6. The largest absolute Gasteiger partial charge is 0.469 e. The lowest BCUT2D eigenvalue weighted by atomic mass is 9.75. The molecule has 0 amide bonds. The van der Waals surface area contributed by atoms with Crippen molar-refractivity contribution in [2.24, 2.45) is 0 Å². The summed E-state index contributed by atoms with van der Waals surface area (Å²) in [4.78, 5) is 11.1. The zero-order valence-electron chi connectivity index (χ0n) is 11.8. The molecule has 7 nitrogen and oxygen atoms in total. The second-order valence-electron chi connectivity index (χ2n) is 5.86. The maximum Gasteiger partial charge on any atom is 0.254 e. The van der Waals surface area contributed by atoms with Crippen LogP contribution in [0.2, 0.25) is 0 Å². The molecule has 0 radical (unpaired) electrons. The number of rotatable bonds is 2. The number of fused-ring (bicyclic) bond motifs is 1. The number of nitro groups is 1. The molecule has 2 aliphatic rings. The fourth-order valence-corrected chi connectivity index (χ4v) is 3.17. The highest BCUT2D eigenvalue weighted by Crippen LogP contribution is 2.45. The number of nitrogens with zero attached hydrogens (tertiary/aromatic N) is 1. The molecule has 2 heterocycles. The highest BCUT2D eigenvalue weighted by Gasteiger charge is 2.61. The second kappa shape index (κ2) is 4.66. The highest BCUT2D eigenvalue weighted by atomic mass is 16.8. The van der Waals surface area contributed by atoms with Crippen LogP contribution >= 0.6 is 0 Å². The Hall–Kier alpha value is -1.70. The van der Waals surface area contributed by atoms with Crippen molar-refractivity contribution >= 4 is 0 Å². The Morgan fingerprint density at radius 1 is 1.43 bits per heavy atom. The third kappa shape index (κ3) is 2.17. The maximum absolute atomic E-state index is 11.6. The molecule has 7 heteroatoms. The molecule has 0 unspecified atom stereocenters. The number of aliphatic hydroxyl groups is 1. The first-order valence-corrected chi connectivity index (χ1v) is 6.71. The van der Waals surface area contributed by atoms with Crippen molar-refractivity contribution in [1.29, 1.82) is 0 Å². The average Bonchev–Trinajstić information content (AvgIpc) is 2.99. The Balaban J connectivity index is 2.05. The molecule has 1 saturated heterocycles. The Bertz CT molecular complexity index is 566. The lowest BCUT2D eigenvalue weighted by Crippen LogP contribution is -2.54. The van der Waals surface area contributed by atoms with Crippen LogP contribution in [0.1, 0.15) is 25.5 Å². The van der Waals surface area contributed by atoms with Gasteiger partial charge in [-0.15, -0.1) is 0 Å². The van der Waals surface area contributed by atoms with Crippen LogP contribution in [0.25, 0.3) is 0 Å². The van der Waals surface area contributed by atoms with Gasteiger partial charge in [0.1, 0.15) is 17.8 Å². The van der Waals surface area contributed by atoms with Gasteiger partial charge in [0.05, 0.1) is 12.4 Å². The van der Waals surface area contributed by atoms with Gasteiger partial charge in [0, 0.05) is 4.92 Å². The van der Waals surface area contributed by atoms with Gasteiger partial charge >= 0.3 is 0 Å². The molecular weight excluding hydrogens is 278 g/mol. The van der Waals surface area contributed by atoms with Crippen LogP contribution in [-0.4, -0.2) is 40.2 Å². The molecule has 3 rings (SSSR count). The van der Waals surface area contributed by atoms with Crippen LogP contribution in [0.3, 0.4) is 0 Å². The molecule has 0 bridgehead atoms. The first kappa shape index (κ1) is 14.2. The number of hydrogen-bond acceptors (Lipinski definition) is 6. The summed E-state index contributed by atoms with van der Waals surface area (Å²) in [7, 11) is 0. The predicted molar refractivity (Wildman–Crippen MR) is 71.2 cm³/mol. The van der Waals surface area contributed by atoms with E-state index < -0.39 is 41.0 Å². The van der Waals surface area contributed by atoms with Gasteiger partial charge in [-0.25, -0.2) is 0 Å². The summed E-state index contributed by atoms with van der Waals surface area (Å²) >= 11 is 0. The van der Waals surface area contributed by atoms with Crippen molar-refractivity contribution < 1.29 is 23.9 Å². The van der Waals surface area contributed by atoms with Crippen molar-refractivity contribution in [3.05, 3.63) is 46.4 Å². The Labute approximate surface area is 121 Å². The smallest absolute Gasteiger partial charge is 0.254 e. The van der Waals surface area contributed by atoms with Gasteiger partial charge in [-0.05, 0) is 31.6 Å². The number of furan rings is 1. The van der Waals surface area contributed by atoms with Gasteiger partial charge < -0.3 is 19.0 Å². The minimum atomic E-state index is -1.16. The summed E-state index contributed by atoms with van der Waals surface area (Å²) in [6.07, 6.45) is -1.20. The van der Waals surface area contributed by atoms with Gasteiger partial charge in [0.15, 0.2) is 11.9 Å². The standard InChI is InChI=1S/C14H17NO6/c1-7-11(16)9(8-5-4-6-19-8)10(15(17)18)13-12(7)20-14(2,3)21-13/h4-6,9-13,16H,1H2,2-3H3/t9-,10-,11+,12-,13+/m1/s1. The zero-order chi connectivity index (χ0) is 15.4. The van der Waals surface area contributed by atoms with E-state index in [4.69, 9.17) is 13.9 Å². The Morgan fingerprint density at radius 3 is 2.71 bits per heavy atom. The monoisotopic (exact) mass is 295 g/mol. The maximum atomic E-state index is 11.6. The SMILES string of the molecule is C=C1[C@H]2OC(C)(C)O[C@H]2[C@H]([N+](=O)[O-])[C@@H](c2ccco2)[C@H]1O. The zero-order valence-corrected chi connectivity index (χ0v) is 11.8. The van der Waals surface area contributed by atoms with Crippen LogP contribution in [0.4, 0.5) is 0 Å². The number of hydrogen-bond donors (Lipinski definition) is 1. The van der Waals surface area contributed by atoms with Gasteiger partial charge in [0.2, 0.25) is 0 Å². The van der Waals surface area contributed by atoms with Crippen molar-refractivity contribution in [1.82, 2.24) is 0 Å². The topological polar surface area (TPSA) is 95.0 Å². The van der Waals surface area contributed by atoms with Crippen LogP contribution < -0.4 is 0 Å². The van der Waals surface area contributed by atoms with E-state index in [0.717, 1.165) is 0 Å². The molecule has 5 atom stereocenters. The van der Waals surface area contributed by atoms with Crippen molar-refractivity contribution in [3.8, 4) is 0 Å². The second-order valence-corrected chi connectivity index (χ2v) is 5.86. The summed E-state index contributed by atoms with van der Waals surface area (Å²) in [5.41, 5.74) is 0.380. The van der Waals surface area contributed by atoms with Gasteiger partial charge in [0.25, 0.3) is 6.04 Å². The first-order chi connectivity index (χ1) is 9.82. The average molecular weight is 295 g/mol. The van der Waals surface area contributed by atoms with Crippen LogP contribution in [0.5, 0.6) is 0 Å². The predicted octanol–water partition coefficient (Wildman–Crippen LogP) is 1.46. The van der Waals surface area contributed by atoms with E-state index in [2.05, 4.69) is 6.58 Å². The molecule has 1 N–H and O–H groups in total. The van der Waals surface area contributed by atoms with E-state index >= 15 is 0 Å². The van der Waals surface area contributed by atoms with E-state index in [0.29, 0.717) is 11.3 Å². The van der Waals surface area contributed by atoms with Crippen LogP contribution in [0.15, 0.2) is 35.0 Å². The molecule has 1 aliphatic heterocycles. The quantitative estimate of drug-likeness (QED) is 0.504. The molecule has 0 spiro atoms. The fourth-order valence-electron chi connectivity index (χ4n) is 3.17. The molecule has 114 valence electrons. The minimum absolute atomic E-state index is 0.345. The van der Waals surface area contributed by atoms with Crippen molar-refractivity contribution in [3.63, 3.8) is 0 Å². The third-order valence-corrected chi connectivity index (χ3v) is 4.03. The number of ether oxygens (including phenoxy) is 2. The third-order valence-electron chi connectivity index (χ3n) is 4.03. The Kier molecular flexibility index (Phi) is 3.16. The summed E-state index contributed by atoms with van der Waals surface area (Å²) in [6.45, 7) is 7.21. The molecule has 0 aromatic carbocycles. The van der Waals surface area contributed by atoms with E-state index in [-0.39, 0.29) is 0 Å². The van der Waals surface area contributed by atoms with Crippen molar-refractivity contribution in [2.45, 2.75) is 49.9 Å². The fraction of sp³-hybridized carbons (Fsp3) is 0.571. The molecule has 1 saturated carbocycles. The van der Waals surface area contributed by atoms with Crippen LogP contribution in [-0.2, 0) is 9.47 Å². The molecule has 21 heavy (non-hydrogen) atoms. The summed E-state index contributed by atoms with van der Waals surface area (Å²) < 4.78 is 16.6. The van der Waals surface area contributed by atoms with Gasteiger partial charge in [-0.3, -0.25) is 10.1 Å². The highest BCUT2D eigenvalue weighted by molar-refractivity contribution is 5.28. The van der Waals surface area contributed by atoms with E-state index in [1.54, 1.807) is 26.0 Å². The summed E-state index contributed by atoms with van der Waals surface area (Å²) in [5.74, 6) is -1.46. The lowest BCUT2D eigenvalue weighted by Gasteiger charge is -2.36. The lowest BCUT2D eigenvalue weighted by molar-refractivity contribution is -0.544. The first-order valence-electron chi connectivity index (χ1n) is 6.71. The minimum Gasteiger partial charge on any atom is -0.469 e. The van der Waals surface area contributed by atoms with Crippen LogP contribution in [0, 0.1) is 10.1 Å². The van der Waals surface area contributed by atoms with Gasteiger partial charge in [-0.1, -0.05) is 6.58 Å². The van der Waals surface area contributed by atoms with Crippen molar-refractivity contribution in [2.75, 3.05) is 0 Å². The van der Waals surface area contributed by atoms with Gasteiger partial charge in [-0.2, -0.15) is 0 Å². The molecule has 1 aromatic rings. The number of aliphatic hydroxyl groups excluding tert-OH is 1. The van der Waals surface area contributed by atoms with E-state index in [1.807, 2.05) is 0 Å². The summed E-state index contributed by atoms with van der Waals surface area (Å²) in [5, 5.41) is 22.0. The molecule has 2 fully saturated rings. The van der Waals surface area contributed by atoms with E-state index in [9.17, 15) is 15.2 Å². The normalized spacial score (nSPS) is 38.2. The molecule has 1 aliphatic carbocycles. The Morgan fingerprint density at radius 2 is 2.14 bits per heavy atom.